The number of nitrogens with one attached hydrogen (secondary N) is 1. The van der Waals surface area contributed by atoms with Crippen molar-refractivity contribution >= 4 is 17.5 Å². The van der Waals surface area contributed by atoms with Crippen LogP contribution in [-0.2, 0) is 6.54 Å². The summed E-state index contributed by atoms with van der Waals surface area (Å²) in [6, 6.07) is 17.6. The van der Waals surface area contributed by atoms with Gasteiger partial charge in [0.15, 0.2) is 0 Å². The molecule has 1 N–H and O–H groups in total. The van der Waals surface area contributed by atoms with Gasteiger partial charge in [-0.05, 0) is 31.5 Å². The van der Waals surface area contributed by atoms with Gasteiger partial charge in [0.2, 0.25) is 5.95 Å². The van der Waals surface area contributed by atoms with E-state index < -0.39 is 0 Å². The molecule has 0 bridgehead atoms. The molecule has 1 heterocycles. The molecule has 1 amide bonds. The van der Waals surface area contributed by atoms with E-state index >= 15 is 0 Å². The molecule has 0 saturated heterocycles. The zero-order valence-corrected chi connectivity index (χ0v) is 16.3. The molecule has 0 fully saturated rings. The highest BCUT2D eigenvalue weighted by Crippen LogP contribution is 2.18. The van der Waals surface area contributed by atoms with Gasteiger partial charge in [-0.2, -0.15) is 0 Å². The number of carbonyl (C=O) groups is 1. The predicted octanol–water partition coefficient (Wildman–Crippen LogP) is 4.15. The quantitative estimate of drug-likeness (QED) is 0.671. The molecule has 0 aliphatic heterocycles. The maximum Gasteiger partial charge on any atom is 0.258 e. The van der Waals surface area contributed by atoms with Crippen LogP contribution < -0.4 is 15.0 Å². The molecule has 0 aliphatic carbocycles. The highest BCUT2D eigenvalue weighted by molar-refractivity contribution is 6.04. The largest absolute Gasteiger partial charge is 0.497 e. The Bertz CT molecular complexity index is 911. The summed E-state index contributed by atoms with van der Waals surface area (Å²) >= 11 is 0. The van der Waals surface area contributed by atoms with Gasteiger partial charge in [-0.15, -0.1) is 0 Å². The smallest absolute Gasteiger partial charge is 0.258 e. The third-order valence-corrected chi connectivity index (χ3v) is 4.30. The minimum absolute atomic E-state index is 0.219. The number of rotatable bonds is 7. The Labute approximate surface area is 165 Å². The van der Waals surface area contributed by atoms with Crippen LogP contribution in [0.15, 0.2) is 67.0 Å². The summed E-state index contributed by atoms with van der Waals surface area (Å²) < 4.78 is 5.17. The van der Waals surface area contributed by atoms with Crippen LogP contribution in [0, 0.1) is 0 Å². The third-order valence-electron chi connectivity index (χ3n) is 4.30. The van der Waals surface area contributed by atoms with Gasteiger partial charge in [-0.3, -0.25) is 4.79 Å². The molecular formula is C22H24N4O2. The molecule has 3 rings (SSSR count). The number of nitrogens with zero attached hydrogens (tertiary/aromatic N) is 3. The number of benzene rings is 2. The Kier molecular flexibility index (Phi) is 6.22. The lowest BCUT2D eigenvalue weighted by Gasteiger charge is -2.26. The number of carbonyl (C=O) groups excluding carboxylic acids is 1. The van der Waals surface area contributed by atoms with Crippen LogP contribution in [0.1, 0.15) is 29.8 Å². The predicted molar refractivity (Wildman–Crippen MR) is 111 cm³/mol. The summed E-state index contributed by atoms with van der Waals surface area (Å²) in [6.07, 6.45) is 3.11. The highest BCUT2D eigenvalue weighted by Gasteiger charge is 2.15. The van der Waals surface area contributed by atoms with Crippen LogP contribution in [0.2, 0.25) is 0 Å². The Morgan fingerprint density at radius 1 is 1.07 bits per heavy atom. The van der Waals surface area contributed by atoms with Gasteiger partial charge >= 0.3 is 0 Å². The number of amides is 1. The van der Waals surface area contributed by atoms with E-state index in [0.717, 1.165) is 0 Å². The average Bonchev–Trinajstić information content (AvgIpc) is 2.73. The third kappa shape index (κ3) is 4.85. The van der Waals surface area contributed by atoms with Crippen LogP contribution in [-0.4, -0.2) is 29.0 Å². The first kappa shape index (κ1) is 19.4. The molecule has 1 aromatic heterocycles. The molecule has 6 heteroatoms. The van der Waals surface area contributed by atoms with E-state index in [2.05, 4.69) is 46.2 Å². The topological polar surface area (TPSA) is 67.3 Å². The van der Waals surface area contributed by atoms with E-state index in [4.69, 9.17) is 4.74 Å². The maximum atomic E-state index is 12.5. The van der Waals surface area contributed by atoms with Crippen molar-refractivity contribution in [3.8, 4) is 5.75 Å². The fraction of sp³-hybridized carbons (Fsp3) is 0.227. The lowest BCUT2D eigenvalue weighted by molar-refractivity contribution is 0.102. The van der Waals surface area contributed by atoms with Gasteiger partial charge in [0.25, 0.3) is 5.91 Å². The van der Waals surface area contributed by atoms with Crippen molar-refractivity contribution in [2.45, 2.75) is 26.4 Å². The van der Waals surface area contributed by atoms with E-state index in [-0.39, 0.29) is 11.9 Å². The molecule has 0 spiro atoms. The summed E-state index contributed by atoms with van der Waals surface area (Å²) in [5, 5.41) is 2.83. The van der Waals surface area contributed by atoms with Crippen LogP contribution in [0.25, 0.3) is 0 Å². The SMILES string of the molecule is COc1cccc(NC(=O)c2cnc(N(Cc3ccccc3)C(C)C)nc2)c1. The average molecular weight is 376 g/mol. The van der Waals surface area contributed by atoms with Crippen molar-refractivity contribution in [2.75, 3.05) is 17.3 Å². The minimum atomic E-state index is -0.265. The van der Waals surface area contributed by atoms with Crippen LogP contribution >= 0.6 is 0 Å². The van der Waals surface area contributed by atoms with Gasteiger partial charge in [-0.25, -0.2) is 9.97 Å². The number of methoxy groups -OCH3 is 1. The van der Waals surface area contributed by atoms with E-state index in [0.29, 0.717) is 29.5 Å². The summed E-state index contributed by atoms with van der Waals surface area (Å²) in [7, 11) is 1.59. The van der Waals surface area contributed by atoms with Gasteiger partial charge in [0.05, 0.1) is 12.7 Å². The molecule has 0 unspecified atom stereocenters. The van der Waals surface area contributed by atoms with Crippen LogP contribution in [0.4, 0.5) is 11.6 Å². The lowest BCUT2D eigenvalue weighted by atomic mass is 10.2. The number of aromatic nitrogens is 2. The van der Waals surface area contributed by atoms with Crippen molar-refractivity contribution < 1.29 is 9.53 Å². The first-order valence-corrected chi connectivity index (χ1v) is 9.15. The summed E-state index contributed by atoms with van der Waals surface area (Å²) in [6.45, 7) is 4.89. The molecule has 0 atom stereocenters. The zero-order valence-electron chi connectivity index (χ0n) is 16.3. The van der Waals surface area contributed by atoms with Gasteiger partial charge < -0.3 is 15.0 Å². The van der Waals surface area contributed by atoms with E-state index in [1.807, 2.05) is 30.3 Å². The molecule has 3 aromatic rings. The summed E-state index contributed by atoms with van der Waals surface area (Å²) in [4.78, 5) is 23.4. The minimum Gasteiger partial charge on any atom is -0.497 e. The molecule has 0 saturated carbocycles. The first-order valence-electron chi connectivity index (χ1n) is 9.15. The van der Waals surface area contributed by atoms with Crippen molar-refractivity contribution in [1.82, 2.24) is 9.97 Å². The Balaban J connectivity index is 1.72. The van der Waals surface area contributed by atoms with Crippen molar-refractivity contribution in [3.63, 3.8) is 0 Å². The fourth-order valence-electron chi connectivity index (χ4n) is 2.76. The van der Waals surface area contributed by atoms with Gasteiger partial charge in [0, 0.05) is 36.7 Å². The van der Waals surface area contributed by atoms with Crippen molar-refractivity contribution in [3.05, 3.63) is 78.1 Å². The highest BCUT2D eigenvalue weighted by atomic mass is 16.5. The van der Waals surface area contributed by atoms with E-state index in [1.54, 1.807) is 31.6 Å². The van der Waals surface area contributed by atoms with Crippen molar-refractivity contribution in [2.24, 2.45) is 0 Å². The van der Waals surface area contributed by atoms with Crippen LogP contribution in [0.3, 0.4) is 0 Å². The zero-order chi connectivity index (χ0) is 19.9. The molecule has 0 aliphatic rings. The Hall–Kier alpha value is -3.41. The molecule has 6 nitrogen and oxygen atoms in total. The monoisotopic (exact) mass is 376 g/mol. The molecule has 0 radical (unpaired) electrons. The second-order valence-corrected chi connectivity index (χ2v) is 6.67. The van der Waals surface area contributed by atoms with Crippen LogP contribution in [0.5, 0.6) is 5.75 Å². The number of ether oxygens (including phenoxy) is 1. The Morgan fingerprint density at radius 3 is 2.43 bits per heavy atom. The van der Waals surface area contributed by atoms with Gasteiger partial charge in [0.1, 0.15) is 5.75 Å². The molecule has 144 valence electrons. The normalized spacial score (nSPS) is 10.6. The summed E-state index contributed by atoms with van der Waals surface area (Å²) in [5.74, 6) is 1.01. The standard InChI is InChI=1S/C22H24N4O2/c1-16(2)26(15-17-8-5-4-6-9-17)22-23-13-18(14-24-22)21(27)25-19-10-7-11-20(12-19)28-3/h4-14,16H,15H2,1-3H3,(H,25,27). The number of anilines is 2. The number of hydrogen-bond donors (Lipinski definition) is 1. The summed E-state index contributed by atoms with van der Waals surface area (Å²) in [5.41, 5.74) is 2.23. The second kappa shape index (κ2) is 8.99. The lowest BCUT2D eigenvalue weighted by Crippen LogP contribution is -2.31. The van der Waals surface area contributed by atoms with E-state index in [1.165, 1.54) is 5.56 Å². The van der Waals surface area contributed by atoms with Gasteiger partial charge in [-0.1, -0.05) is 36.4 Å². The number of hydrogen-bond acceptors (Lipinski definition) is 5. The first-order chi connectivity index (χ1) is 13.6. The molecule has 28 heavy (non-hydrogen) atoms. The van der Waals surface area contributed by atoms with Crippen molar-refractivity contribution in [1.29, 1.82) is 0 Å². The molecular weight excluding hydrogens is 352 g/mol. The fourth-order valence-corrected chi connectivity index (χ4v) is 2.76. The molecule has 2 aromatic carbocycles. The Morgan fingerprint density at radius 2 is 1.79 bits per heavy atom. The van der Waals surface area contributed by atoms with E-state index in [9.17, 15) is 4.79 Å². The second-order valence-electron chi connectivity index (χ2n) is 6.67. The maximum absolute atomic E-state index is 12.5.